The first-order valence-electron chi connectivity index (χ1n) is 10.4. The van der Waals surface area contributed by atoms with Crippen LogP contribution in [0.3, 0.4) is 0 Å². The van der Waals surface area contributed by atoms with Gasteiger partial charge >= 0.3 is 5.97 Å². The molecule has 0 saturated carbocycles. The largest absolute Gasteiger partial charge is 0.478 e. The maximum absolute atomic E-state index is 13.7. The Morgan fingerprint density at radius 2 is 1.84 bits per heavy atom. The first kappa shape index (κ1) is 21.8. The van der Waals surface area contributed by atoms with Crippen LogP contribution in [0.2, 0.25) is 5.02 Å². The summed E-state index contributed by atoms with van der Waals surface area (Å²) in [5.74, 6) is -1.35. The van der Waals surface area contributed by atoms with Crippen molar-refractivity contribution < 1.29 is 14.3 Å². The molecule has 32 heavy (non-hydrogen) atoms. The maximum Gasteiger partial charge on any atom is 0.328 e. The molecule has 0 fully saturated rings. The number of fused-ring (bicyclic) bond motifs is 1. The summed E-state index contributed by atoms with van der Waals surface area (Å²) in [6, 6.07) is 20.6. The van der Waals surface area contributed by atoms with Crippen LogP contribution in [0.25, 0.3) is 23.3 Å². The molecular formula is C28H22ClFO2. The Labute approximate surface area is 192 Å². The predicted octanol–water partition coefficient (Wildman–Crippen LogP) is 7.54. The number of halogens is 2. The Morgan fingerprint density at radius 3 is 2.50 bits per heavy atom. The number of rotatable bonds is 6. The number of allylic oxidation sites excluding steroid dienone is 3. The second kappa shape index (κ2) is 9.37. The smallest absolute Gasteiger partial charge is 0.328 e. The second-order valence-corrected chi connectivity index (χ2v) is 8.08. The third kappa shape index (κ3) is 4.58. The molecule has 0 amide bonds. The molecule has 0 aromatic heterocycles. The number of benzene rings is 3. The molecule has 4 rings (SSSR count). The van der Waals surface area contributed by atoms with Crippen molar-refractivity contribution in [2.24, 2.45) is 0 Å². The quantitative estimate of drug-likeness (QED) is 0.315. The first-order valence-corrected chi connectivity index (χ1v) is 10.8. The minimum absolute atomic E-state index is 0.363. The van der Waals surface area contributed by atoms with Crippen LogP contribution in [-0.2, 0) is 11.2 Å². The molecule has 0 atom stereocenters. The monoisotopic (exact) mass is 444 g/mol. The molecule has 160 valence electrons. The van der Waals surface area contributed by atoms with Gasteiger partial charge in [-0.25, -0.2) is 9.18 Å². The van der Waals surface area contributed by atoms with Gasteiger partial charge < -0.3 is 5.11 Å². The molecule has 0 unspecified atom stereocenters. The van der Waals surface area contributed by atoms with Gasteiger partial charge in [0.15, 0.2) is 0 Å². The zero-order valence-electron chi connectivity index (χ0n) is 17.6. The molecule has 0 aliphatic heterocycles. The molecule has 1 aliphatic rings. The van der Waals surface area contributed by atoms with Gasteiger partial charge in [-0.2, -0.15) is 0 Å². The Balaban J connectivity index is 1.87. The van der Waals surface area contributed by atoms with Crippen molar-refractivity contribution in [3.8, 4) is 0 Å². The van der Waals surface area contributed by atoms with Gasteiger partial charge in [0.25, 0.3) is 0 Å². The standard InChI is InChI=1S/C28H22ClFO2/c1-2-24(25-13-12-23(30)17-26(25)29)28(22-15-20-5-3-4-6-21(20)16-22)19-10-7-18(8-11-19)9-14-27(31)32/h3-15,17H,2,16H2,1H3,(H,31,32)/b14-9+,28-24+. The van der Waals surface area contributed by atoms with Crippen LogP contribution < -0.4 is 0 Å². The molecule has 0 bridgehead atoms. The average Bonchev–Trinajstić information content (AvgIpc) is 3.20. The SMILES string of the molecule is CC/C(=C(\C1=Cc2ccccc2C1)c1ccc(/C=C/C(=O)O)cc1)c1ccc(F)cc1Cl. The molecule has 0 spiro atoms. The summed E-state index contributed by atoms with van der Waals surface area (Å²) < 4.78 is 13.7. The summed E-state index contributed by atoms with van der Waals surface area (Å²) in [7, 11) is 0. The zero-order valence-corrected chi connectivity index (χ0v) is 18.4. The van der Waals surface area contributed by atoms with Crippen molar-refractivity contribution >= 4 is 40.9 Å². The second-order valence-electron chi connectivity index (χ2n) is 7.67. The van der Waals surface area contributed by atoms with E-state index in [0.717, 1.165) is 46.8 Å². The highest BCUT2D eigenvalue weighted by Crippen LogP contribution is 2.41. The van der Waals surface area contributed by atoms with Crippen molar-refractivity contribution in [1.29, 1.82) is 0 Å². The number of carboxylic acids is 1. The van der Waals surface area contributed by atoms with Gasteiger partial charge in [0.2, 0.25) is 0 Å². The first-order chi connectivity index (χ1) is 15.5. The molecule has 3 aromatic rings. The van der Waals surface area contributed by atoms with Crippen molar-refractivity contribution in [2.75, 3.05) is 0 Å². The zero-order chi connectivity index (χ0) is 22.7. The van der Waals surface area contributed by atoms with Crippen molar-refractivity contribution in [3.05, 3.63) is 117 Å². The number of carbonyl (C=O) groups is 1. The van der Waals surface area contributed by atoms with Crippen LogP contribution >= 0.6 is 11.6 Å². The molecule has 0 radical (unpaired) electrons. The van der Waals surface area contributed by atoms with Crippen LogP contribution in [-0.4, -0.2) is 11.1 Å². The Hall–Kier alpha value is -3.43. The van der Waals surface area contributed by atoms with E-state index in [1.807, 2.05) is 36.4 Å². The van der Waals surface area contributed by atoms with E-state index in [1.165, 1.54) is 28.8 Å². The van der Waals surface area contributed by atoms with Crippen LogP contribution in [0.5, 0.6) is 0 Å². The van der Waals surface area contributed by atoms with E-state index in [0.29, 0.717) is 5.02 Å². The minimum atomic E-state index is -0.984. The van der Waals surface area contributed by atoms with Crippen molar-refractivity contribution in [1.82, 2.24) is 0 Å². The number of hydrogen-bond donors (Lipinski definition) is 1. The van der Waals surface area contributed by atoms with E-state index in [1.54, 1.807) is 12.1 Å². The number of carboxylic acid groups (broad SMARTS) is 1. The van der Waals surface area contributed by atoms with Gasteiger partial charge in [-0.05, 0) is 75.6 Å². The summed E-state index contributed by atoms with van der Waals surface area (Å²) in [5.41, 5.74) is 8.39. The van der Waals surface area contributed by atoms with Crippen molar-refractivity contribution in [3.63, 3.8) is 0 Å². The number of aliphatic carboxylic acids is 1. The van der Waals surface area contributed by atoms with Crippen LogP contribution in [0.15, 0.2) is 78.4 Å². The summed E-state index contributed by atoms with van der Waals surface area (Å²) in [4.78, 5) is 10.8. The third-order valence-electron chi connectivity index (χ3n) is 5.62. The lowest BCUT2D eigenvalue weighted by Crippen LogP contribution is -1.98. The lowest BCUT2D eigenvalue weighted by Gasteiger charge is -2.18. The van der Waals surface area contributed by atoms with Crippen LogP contribution in [0.4, 0.5) is 4.39 Å². The topological polar surface area (TPSA) is 37.3 Å². The van der Waals surface area contributed by atoms with Gasteiger partial charge in [-0.1, -0.05) is 79.2 Å². The molecule has 3 aromatic carbocycles. The van der Waals surface area contributed by atoms with Crippen LogP contribution in [0.1, 0.15) is 41.2 Å². The highest BCUT2D eigenvalue weighted by Gasteiger charge is 2.21. The van der Waals surface area contributed by atoms with E-state index in [2.05, 4.69) is 25.1 Å². The Morgan fingerprint density at radius 1 is 1.09 bits per heavy atom. The molecule has 2 nitrogen and oxygen atoms in total. The number of hydrogen-bond acceptors (Lipinski definition) is 1. The van der Waals surface area contributed by atoms with E-state index in [-0.39, 0.29) is 5.82 Å². The minimum Gasteiger partial charge on any atom is -0.478 e. The summed E-state index contributed by atoms with van der Waals surface area (Å²) in [6.45, 7) is 2.07. The van der Waals surface area contributed by atoms with Gasteiger partial charge in [-0.15, -0.1) is 0 Å². The fourth-order valence-electron chi connectivity index (χ4n) is 4.16. The van der Waals surface area contributed by atoms with Crippen molar-refractivity contribution in [2.45, 2.75) is 19.8 Å². The normalized spacial score (nSPS) is 13.7. The predicted molar refractivity (Wildman–Crippen MR) is 130 cm³/mol. The lowest BCUT2D eigenvalue weighted by atomic mass is 9.87. The maximum atomic E-state index is 13.7. The molecule has 0 heterocycles. The van der Waals surface area contributed by atoms with Gasteiger partial charge in [-0.3, -0.25) is 0 Å². The lowest BCUT2D eigenvalue weighted by molar-refractivity contribution is -0.131. The fraction of sp³-hybridized carbons (Fsp3) is 0.107. The average molecular weight is 445 g/mol. The Kier molecular flexibility index (Phi) is 6.38. The van der Waals surface area contributed by atoms with E-state index < -0.39 is 5.97 Å². The molecule has 1 aliphatic carbocycles. The van der Waals surface area contributed by atoms with E-state index in [4.69, 9.17) is 16.7 Å². The molecule has 4 heteroatoms. The van der Waals surface area contributed by atoms with Gasteiger partial charge in [0.05, 0.1) is 5.02 Å². The Bertz CT molecular complexity index is 1270. The summed E-state index contributed by atoms with van der Waals surface area (Å²) in [5, 5.41) is 9.27. The van der Waals surface area contributed by atoms with Crippen LogP contribution in [0, 0.1) is 5.82 Å². The van der Waals surface area contributed by atoms with E-state index >= 15 is 0 Å². The van der Waals surface area contributed by atoms with Gasteiger partial charge in [0, 0.05) is 6.08 Å². The van der Waals surface area contributed by atoms with E-state index in [9.17, 15) is 9.18 Å². The highest BCUT2D eigenvalue weighted by molar-refractivity contribution is 6.32. The summed E-state index contributed by atoms with van der Waals surface area (Å²) >= 11 is 6.47. The molecular weight excluding hydrogens is 423 g/mol. The summed E-state index contributed by atoms with van der Waals surface area (Å²) in [6.07, 6.45) is 6.41. The highest BCUT2D eigenvalue weighted by atomic mass is 35.5. The molecule has 0 saturated heterocycles. The fourth-order valence-corrected chi connectivity index (χ4v) is 4.44. The third-order valence-corrected chi connectivity index (χ3v) is 5.93. The molecule has 1 N–H and O–H groups in total. The van der Waals surface area contributed by atoms with Gasteiger partial charge in [0.1, 0.15) is 5.82 Å².